The molecule has 172 valence electrons. The first-order valence-corrected chi connectivity index (χ1v) is 11.2. The van der Waals surface area contributed by atoms with E-state index in [2.05, 4.69) is 10.6 Å². The second-order valence-electron chi connectivity index (χ2n) is 8.61. The topological polar surface area (TPSA) is 119 Å². The molecule has 7 atom stereocenters. The number of likely N-dealkylation sites (N-methyl/N-ethyl adjacent to an activating group) is 1. The Bertz CT molecular complexity index is 832. The maximum atomic E-state index is 13.2. The van der Waals surface area contributed by atoms with Crippen molar-refractivity contribution in [1.29, 1.82) is 0 Å². The molecule has 2 saturated heterocycles. The van der Waals surface area contributed by atoms with Crippen molar-refractivity contribution in [2.45, 2.75) is 56.7 Å². The third kappa shape index (κ3) is 4.17. The lowest BCUT2D eigenvalue weighted by atomic mass is 9.78. The molecule has 31 heavy (non-hydrogen) atoms. The lowest BCUT2D eigenvalue weighted by molar-refractivity contribution is -0.158. The fourth-order valence-electron chi connectivity index (χ4n) is 4.60. The van der Waals surface area contributed by atoms with Crippen LogP contribution in [0.1, 0.15) is 27.2 Å². The highest BCUT2D eigenvalue weighted by atomic mass is 32.2. The van der Waals surface area contributed by atoms with Crippen LogP contribution in [0.3, 0.4) is 0 Å². The molecule has 0 aliphatic carbocycles. The predicted molar refractivity (Wildman–Crippen MR) is 113 cm³/mol. The number of nitrogens with one attached hydrogen (secondary N) is 2. The third-order valence-corrected chi connectivity index (χ3v) is 7.70. The third-order valence-electron chi connectivity index (χ3n) is 6.18. The summed E-state index contributed by atoms with van der Waals surface area (Å²) in [6, 6.07) is -1.33. The minimum atomic E-state index is -1.69. The Hall–Kier alpha value is -2.14. The molecular formula is C20H29FN4O5S. The van der Waals surface area contributed by atoms with Gasteiger partial charge in [0, 0.05) is 42.8 Å². The van der Waals surface area contributed by atoms with Crippen LogP contribution in [0, 0.1) is 11.8 Å². The lowest BCUT2D eigenvalue weighted by Crippen LogP contribution is -2.66. The number of thioether (sulfide) groups is 1. The van der Waals surface area contributed by atoms with E-state index in [9.17, 15) is 28.7 Å². The Morgan fingerprint density at radius 2 is 1.97 bits per heavy atom. The van der Waals surface area contributed by atoms with Crippen LogP contribution >= 0.6 is 11.8 Å². The predicted octanol–water partition coefficient (Wildman–Crippen LogP) is 0.174. The van der Waals surface area contributed by atoms with Crippen LogP contribution < -0.4 is 10.6 Å². The minimum Gasteiger partial charge on any atom is -0.477 e. The van der Waals surface area contributed by atoms with E-state index in [1.54, 1.807) is 21.0 Å². The molecule has 3 aliphatic heterocycles. The number of carbonyl (C=O) groups is 4. The summed E-state index contributed by atoms with van der Waals surface area (Å²) in [5.41, 5.74) is -0.0245. The normalized spacial score (nSPS) is 31.7. The molecule has 2 fully saturated rings. The second kappa shape index (κ2) is 8.78. The molecule has 0 bridgehead atoms. The summed E-state index contributed by atoms with van der Waals surface area (Å²) in [5.74, 6) is -3.24. The summed E-state index contributed by atoms with van der Waals surface area (Å²) in [6.07, 6.45) is -1.13. The molecule has 0 saturated carbocycles. The molecule has 0 spiro atoms. The second-order valence-corrected chi connectivity index (χ2v) is 9.96. The molecule has 3 N–H and O–H groups in total. The molecular weight excluding hydrogens is 427 g/mol. The van der Waals surface area contributed by atoms with Gasteiger partial charge in [-0.2, -0.15) is 0 Å². The van der Waals surface area contributed by atoms with Crippen LogP contribution in [0.25, 0.3) is 0 Å². The van der Waals surface area contributed by atoms with Crippen LogP contribution in [0.2, 0.25) is 0 Å². The first-order chi connectivity index (χ1) is 14.5. The molecule has 0 aromatic rings. The quantitative estimate of drug-likeness (QED) is 0.468. The molecule has 0 aromatic carbocycles. The average molecular weight is 457 g/mol. The van der Waals surface area contributed by atoms with Crippen molar-refractivity contribution in [2.24, 2.45) is 11.8 Å². The number of carbonyl (C=O) groups excluding carboxylic acids is 3. The number of amides is 3. The lowest BCUT2D eigenvalue weighted by Gasteiger charge is -2.47. The first kappa shape index (κ1) is 23.5. The highest BCUT2D eigenvalue weighted by Crippen LogP contribution is 2.51. The standard InChI is InChI=1S/C20H29FN4O5S/c1-8-14-13(10(3)23-17(26)9(2)21)19(28)25(14)15(20(29)30)16(8)31-11-6-12(22-7-11)18(27)24(4)5/h8-14,22H,6-7H2,1-5H3,(H,23,26)(H,29,30)/t8-,9?,10?,11+,12+,13-,14-/m1/s1. The van der Waals surface area contributed by atoms with Gasteiger partial charge in [0.05, 0.1) is 18.0 Å². The summed E-state index contributed by atoms with van der Waals surface area (Å²) in [7, 11) is 3.38. The zero-order chi connectivity index (χ0) is 23.2. The highest BCUT2D eigenvalue weighted by molar-refractivity contribution is 8.03. The van der Waals surface area contributed by atoms with Gasteiger partial charge < -0.3 is 25.5 Å². The Morgan fingerprint density at radius 1 is 1.32 bits per heavy atom. The maximum Gasteiger partial charge on any atom is 0.353 e. The molecule has 3 aliphatic rings. The van der Waals surface area contributed by atoms with Crippen LogP contribution in [-0.4, -0.2) is 88.8 Å². The number of aliphatic carboxylic acids is 1. The molecule has 3 heterocycles. The SMILES string of the molecule is CC(F)C(=O)NC(C)[C@H]1C(=O)N2C(C(=O)O)=C(S[C@@H]3CN[C@H](C(=O)N(C)C)C3)[C@H](C)[C@H]12. The number of halogens is 1. The fraction of sp³-hybridized carbons (Fsp3) is 0.700. The minimum absolute atomic E-state index is 0.00235. The highest BCUT2D eigenvalue weighted by Gasteiger charge is 2.60. The van der Waals surface area contributed by atoms with E-state index >= 15 is 0 Å². The van der Waals surface area contributed by atoms with Crippen molar-refractivity contribution in [3.05, 3.63) is 10.6 Å². The zero-order valence-electron chi connectivity index (χ0n) is 18.2. The van der Waals surface area contributed by atoms with Gasteiger partial charge in [-0.25, -0.2) is 9.18 Å². The molecule has 2 unspecified atom stereocenters. The summed E-state index contributed by atoms with van der Waals surface area (Å²) in [4.78, 5) is 52.2. The van der Waals surface area contributed by atoms with Crippen molar-refractivity contribution in [2.75, 3.05) is 20.6 Å². The molecule has 3 amide bonds. The molecule has 0 radical (unpaired) electrons. The van der Waals surface area contributed by atoms with Crippen LogP contribution in [0.15, 0.2) is 10.6 Å². The van der Waals surface area contributed by atoms with E-state index in [1.165, 1.54) is 21.6 Å². The number of fused-ring (bicyclic) bond motifs is 1. The number of β-lactam (4-membered cyclic amide) rings is 1. The summed E-state index contributed by atoms with van der Waals surface area (Å²) >= 11 is 1.40. The number of hydrogen-bond donors (Lipinski definition) is 3. The van der Waals surface area contributed by atoms with E-state index in [1.807, 2.05) is 6.92 Å². The van der Waals surface area contributed by atoms with Gasteiger partial charge in [0.15, 0.2) is 6.17 Å². The molecule has 11 heteroatoms. The fourth-order valence-corrected chi connectivity index (χ4v) is 6.08. The van der Waals surface area contributed by atoms with E-state index in [4.69, 9.17) is 0 Å². The maximum absolute atomic E-state index is 13.2. The van der Waals surface area contributed by atoms with Crippen molar-refractivity contribution < 1.29 is 28.7 Å². The largest absolute Gasteiger partial charge is 0.477 e. The Balaban J connectivity index is 1.75. The first-order valence-electron chi connectivity index (χ1n) is 10.3. The number of rotatable bonds is 7. The van der Waals surface area contributed by atoms with Gasteiger partial charge in [-0.15, -0.1) is 11.8 Å². The Morgan fingerprint density at radius 3 is 2.52 bits per heavy atom. The summed E-state index contributed by atoms with van der Waals surface area (Å²) in [6.45, 7) is 5.18. The van der Waals surface area contributed by atoms with Crippen LogP contribution in [0.5, 0.6) is 0 Å². The summed E-state index contributed by atoms with van der Waals surface area (Å²) < 4.78 is 13.2. The number of carboxylic acid groups (broad SMARTS) is 1. The van der Waals surface area contributed by atoms with E-state index in [-0.39, 0.29) is 34.7 Å². The number of carboxylic acids is 1. The van der Waals surface area contributed by atoms with E-state index in [0.29, 0.717) is 17.9 Å². The molecule has 9 nitrogen and oxygen atoms in total. The number of hydrogen-bond acceptors (Lipinski definition) is 6. The summed E-state index contributed by atoms with van der Waals surface area (Å²) in [5, 5.41) is 15.5. The van der Waals surface area contributed by atoms with E-state index in [0.717, 1.165) is 6.92 Å². The van der Waals surface area contributed by atoms with Crippen LogP contribution in [0.4, 0.5) is 4.39 Å². The van der Waals surface area contributed by atoms with Gasteiger partial charge in [-0.1, -0.05) is 6.92 Å². The average Bonchev–Trinajstić information content (AvgIpc) is 3.23. The number of nitrogens with zero attached hydrogens (tertiary/aromatic N) is 2. The van der Waals surface area contributed by atoms with Crippen LogP contribution in [-0.2, 0) is 19.2 Å². The Kier molecular flexibility index (Phi) is 6.66. The van der Waals surface area contributed by atoms with Crippen molar-refractivity contribution in [3.63, 3.8) is 0 Å². The molecule has 3 rings (SSSR count). The smallest absolute Gasteiger partial charge is 0.353 e. The van der Waals surface area contributed by atoms with E-state index < -0.39 is 36.0 Å². The van der Waals surface area contributed by atoms with Gasteiger partial charge >= 0.3 is 5.97 Å². The van der Waals surface area contributed by atoms with Crippen molar-refractivity contribution in [3.8, 4) is 0 Å². The number of alkyl halides is 1. The van der Waals surface area contributed by atoms with Gasteiger partial charge in [-0.3, -0.25) is 14.4 Å². The molecule has 0 aromatic heterocycles. The van der Waals surface area contributed by atoms with Crippen molar-refractivity contribution >= 4 is 35.5 Å². The van der Waals surface area contributed by atoms with Gasteiger partial charge in [-0.05, 0) is 20.3 Å². The monoisotopic (exact) mass is 456 g/mol. The van der Waals surface area contributed by atoms with Gasteiger partial charge in [0.25, 0.3) is 5.91 Å². The Labute approximate surface area is 184 Å². The van der Waals surface area contributed by atoms with Gasteiger partial charge in [0.2, 0.25) is 11.8 Å². The van der Waals surface area contributed by atoms with Gasteiger partial charge in [0.1, 0.15) is 5.70 Å². The zero-order valence-corrected chi connectivity index (χ0v) is 19.0. The van der Waals surface area contributed by atoms with Crippen molar-refractivity contribution in [1.82, 2.24) is 20.4 Å².